The number of benzene rings is 4. The molecule has 41 heavy (non-hydrogen) atoms. The number of nitrogens with zero attached hydrogens (tertiary/aromatic N) is 1. The summed E-state index contributed by atoms with van der Waals surface area (Å²) in [6.07, 6.45) is 4.80. The topological polar surface area (TPSA) is 69.2 Å². The molecule has 0 fully saturated rings. The monoisotopic (exact) mass is 570 g/mol. The molecule has 0 spiro atoms. The lowest BCUT2D eigenvalue weighted by Crippen LogP contribution is -2.17. The first-order valence-electron chi connectivity index (χ1n) is 13.8. The first-order valence-corrected chi connectivity index (χ1v) is 14.2. The molecule has 1 amide bonds. The van der Waals surface area contributed by atoms with Gasteiger partial charge < -0.3 is 14.2 Å². The maximum atomic E-state index is 12.6. The van der Waals surface area contributed by atoms with E-state index in [0.717, 1.165) is 30.4 Å². The fourth-order valence-corrected chi connectivity index (χ4v) is 4.29. The van der Waals surface area contributed by atoms with Crippen LogP contribution in [0.3, 0.4) is 0 Å². The summed E-state index contributed by atoms with van der Waals surface area (Å²) in [5.41, 5.74) is 6.98. The number of carbonyl (C=O) groups is 1. The van der Waals surface area contributed by atoms with Crippen molar-refractivity contribution in [2.24, 2.45) is 5.10 Å². The molecule has 4 aromatic carbocycles. The van der Waals surface area contributed by atoms with E-state index in [9.17, 15) is 4.79 Å². The molecule has 0 atom stereocenters. The van der Waals surface area contributed by atoms with Gasteiger partial charge >= 0.3 is 0 Å². The van der Waals surface area contributed by atoms with Gasteiger partial charge in [0.15, 0.2) is 11.5 Å². The van der Waals surface area contributed by atoms with E-state index >= 15 is 0 Å². The average Bonchev–Trinajstić information content (AvgIpc) is 3.00. The van der Waals surface area contributed by atoms with Gasteiger partial charge in [0.25, 0.3) is 5.91 Å². The predicted molar refractivity (Wildman–Crippen MR) is 164 cm³/mol. The number of hydrogen-bond donors (Lipinski definition) is 1. The van der Waals surface area contributed by atoms with E-state index in [1.165, 1.54) is 11.8 Å². The predicted octanol–water partition coefficient (Wildman–Crippen LogP) is 8.00. The van der Waals surface area contributed by atoms with Gasteiger partial charge in [-0.15, -0.1) is 0 Å². The Hall–Kier alpha value is -4.29. The summed E-state index contributed by atoms with van der Waals surface area (Å²) in [4.78, 5) is 12.6. The molecule has 6 nitrogen and oxygen atoms in total. The zero-order valence-corrected chi connectivity index (χ0v) is 24.2. The third kappa shape index (κ3) is 9.12. The Morgan fingerprint density at radius 2 is 1.49 bits per heavy atom. The van der Waals surface area contributed by atoms with E-state index < -0.39 is 0 Å². The number of hydrogen-bond acceptors (Lipinski definition) is 5. The molecule has 0 saturated heterocycles. The summed E-state index contributed by atoms with van der Waals surface area (Å²) in [7, 11) is 0. The standard InChI is InChI=1S/C34H35ClN2O4/c1-3-5-9-25-12-15-28(16-13-25)34(38)37-36-22-29-21-30(35)17-19-31(29)40-24-27-14-18-32(33(20-27)39-4-2)41-23-26-10-7-6-8-11-26/h6-8,10-22H,3-5,9,23-24H2,1-2H3,(H,37,38)/b36-22+. The number of rotatable bonds is 14. The molecule has 0 heterocycles. The number of carbonyl (C=O) groups excluding carboxylic acids is 1. The smallest absolute Gasteiger partial charge is 0.271 e. The van der Waals surface area contributed by atoms with Crippen LogP contribution < -0.4 is 19.6 Å². The summed E-state index contributed by atoms with van der Waals surface area (Å²) in [6.45, 7) is 5.35. The fraction of sp³-hybridized carbons (Fsp3) is 0.235. The normalized spacial score (nSPS) is 10.9. The van der Waals surface area contributed by atoms with Crippen LogP contribution in [0, 0.1) is 0 Å². The fourth-order valence-electron chi connectivity index (χ4n) is 4.11. The number of hydrazone groups is 1. The van der Waals surface area contributed by atoms with Crippen LogP contribution in [0.1, 0.15) is 59.3 Å². The Labute approximate surface area is 246 Å². The van der Waals surface area contributed by atoms with Crippen molar-refractivity contribution in [3.05, 3.63) is 124 Å². The highest BCUT2D eigenvalue weighted by Gasteiger charge is 2.10. The van der Waals surface area contributed by atoms with Gasteiger partial charge in [0, 0.05) is 16.1 Å². The minimum atomic E-state index is -0.286. The summed E-state index contributed by atoms with van der Waals surface area (Å²) < 4.78 is 18.0. The van der Waals surface area contributed by atoms with E-state index in [0.29, 0.717) is 46.6 Å². The van der Waals surface area contributed by atoms with Crippen molar-refractivity contribution >= 4 is 23.7 Å². The van der Waals surface area contributed by atoms with Gasteiger partial charge in [0.2, 0.25) is 0 Å². The second kappa shape index (κ2) is 15.5. The van der Waals surface area contributed by atoms with Crippen LogP contribution in [0.25, 0.3) is 0 Å². The molecule has 4 aromatic rings. The maximum absolute atomic E-state index is 12.6. The van der Waals surface area contributed by atoms with Gasteiger partial charge in [-0.2, -0.15) is 5.10 Å². The molecule has 0 aromatic heterocycles. The lowest BCUT2D eigenvalue weighted by atomic mass is 10.1. The van der Waals surface area contributed by atoms with Gasteiger partial charge in [-0.25, -0.2) is 5.43 Å². The Morgan fingerprint density at radius 3 is 2.24 bits per heavy atom. The van der Waals surface area contributed by atoms with Crippen LogP contribution >= 0.6 is 11.6 Å². The van der Waals surface area contributed by atoms with E-state index in [4.69, 9.17) is 25.8 Å². The summed E-state index contributed by atoms with van der Waals surface area (Å²) in [6, 6.07) is 28.6. The van der Waals surface area contributed by atoms with Crippen LogP contribution in [0.2, 0.25) is 5.02 Å². The van der Waals surface area contributed by atoms with Crippen molar-refractivity contribution in [2.45, 2.75) is 46.3 Å². The highest BCUT2D eigenvalue weighted by Crippen LogP contribution is 2.30. The SMILES string of the molecule is CCCCc1ccc(C(=O)N/N=C/c2cc(Cl)ccc2OCc2ccc(OCc3ccccc3)c(OCC)c2)cc1. The molecule has 212 valence electrons. The van der Waals surface area contributed by atoms with E-state index in [-0.39, 0.29) is 12.5 Å². The van der Waals surface area contributed by atoms with E-state index in [2.05, 4.69) is 17.5 Å². The van der Waals surface area contributed by atoms with E-state index in [1.807, 2.05) is 79.7 Å². The van der Waals surface area contributed by atoms with Crippen LogP contribution in [0.4, 0.5) is 0 Å². The number of ether oxygens (including phenoxy) is 3. The van der Waals surface area contributed by atoms with Crippen molar-refractivity contribution in [1.82, 2.24) is 5.43 Å². The molecule has 4 rings (SSSR count). The largest absolute Gasteiger partial charge is 0.490 e. The van der Waals surface area contributed by atoms with Gasteiger partial charge in [0.1, 0.15) is 19.0 Å². The molecule has 0 aliphatic rings. The van der Waals surface area contributed by atoms with Crippen molar-refractivity contribution < 1.29 is 19.0 Å². The number of halogens is 1. The minimum Gasteiger partial charge on any atom is -0.490 e. The highest BCUT2D eigenvalue weighted by atomic mass is 35.5. The molecule has 0 aliphatic carbocycles. The number of amides is 1. The first-order chi connectivity index (χ1) is 20.1. The molecule has 1 N–H and O–H groups in total. The first kappa shape index (κ1) is 29.7. The second-order valence-corrected chi connectivity index (χ2v) is 9.90. The molecular weight excluding hydrogens is 536 g/mol. The van der Waals surface area contributed by atoms with Gasteiger partial charge in [-0.3, -0.25) is 4.79 Å². The average molecular weight is 571 g/mol. The number of aryl methyl sites for hydroxylation is 1. The lowest BCUT2D eigenvalue weighted by molar-refractivity contribution is 0.0955. The van der Waals surface area contributed by atoms with Crippen molar-refractivity contribution in [1.29, 1.82) is 0 Å². The highest BCUT2D eigenvalue weighted by molar-refractivity contribution is 6.30. The third-order valence-corrected chi connectivity index (χ3v) is 6.55. The zero-order valence-electron chi connectivity index (χ0n) is 23.4. The minimum absolute atomic E-state index is 0.286. The van der Waals surface area contributed by atoms with Crippen LogP contribution in [0.5, 0.6) is 17.2 Å². The molecule has 0 aliphatic heterocycles. The van der Waals surface area contributed by atoms with Gasteiger partial charge in [-0.1, -0.05) is 73.5 Å². The molecule has 0 radical (unpaired) electrons. The molecular formula is C34H35ClN2O4. The summed E-state index contributed by atoms with van der Waals surface area (Å²) in [5.74, 6) is 1.62. The van der Waals surface area contributed by atoms with Crippen molar-refractivity contribution in [3.8, 4) is 17.2 Å². The zero-order chi connectivity index (χ0) is 28.9. The Morgan fingerprint density at radius 1 is 0.780 bits per heavy atom. The molecule has 0 unspecified atom stereocenters. The van der Waals surface area contributed by atoms with Crippen LogP contribution in [0.15, 0.2) is 96.1 Å². The molecule has 0 bridgehead atoms. The number of nitrogens with one attached hydrogen (secondary N) is 1. The Balaban J connectivity index is 1.38. The molecule has 7 heteroatoms. The number of unbranched alkanes of at least 4 members (excludes halogenated alkanes) is 1. The summed E-state index contributed by atoms with van der Waals surface area (Å²) in [5, 5.41) is 4.68. The Bertz CT molecular complexity index is 1440. The van der Waals surface area contributed by atoms with Gasteiger partial charge in [-0.05, 0) is 78.9 Å². The summed E-state index contributed by atoms with van der Waals surface area (Å²) >= 11 is 6.23. The van der Waals surface area contributed by atoms with Crippen LogP contribution in [-0.2, 0) is 19.6 Å². The Kier molecular flexibility index (Phi) is 11.2. The second-order valence-electron chi connectivity index (χ2n) is 9.46. The third-order valence-electron chi connectivity index (χ3n) is 6.32. The van der Waals surface area contributed by atoms with Crippen LogP contribution in [-0.4, -0.2) is 18.7 Å². The molecule has 0 saturated carbocycles. The quantitative estimate of drug-likeness (QED) is 0.123. The van der Waals surface area contributed by atoms with Gasteiger partial charge in [0.05, 0.1) is 12.8 Å². The van der Waals surface area contributed by atoms with E-state index in [1.54, 1.807) is 18.2 Å². The maximum Gasteiger partial charge on any atom is 0.271 e. The van der Waals surface area contributed by atoms with Crippen molar-refractivity contribution in [2.75, 3.05) is 6.61 Å². The van der Waals surface area contributed by atoms with Crippen molar-refractivity contribution in [3.63, 3.8) is 0 Å². The lowest BCUT2D eigenvalue weighted by Gasteiger charge is -2.14.